The lowest BCUT2D eigenvalue weighted by molar-refractivity contribution is 0.219. The average molecular weight is 204 g/mol. The zero-order valence-electron chi connectivity index (χ0n) is 9.12. The van der Waals surface area contributed by atoms with E-state index in [1.165, 1.54) is 0 Å². The standard InChI is InChI=1S/C12H16N2O/c1-3-12(2,9-15)14-11-6-4-5-10(7-11)8-13/h4-7,14-15H,3,9H2,1-2H3. The van der Waals surface area contributed by atoms with Crippen LogP contribution in [0.4, 0.5) is 5.69 Å². The minimum absolute atomic E-state index is 0.0697. The van der Waals surface area contributed by atoms with E-state index in [1.807, 2.05) is 26.0 Å². The number of nitriles is 1. The number of rotatable bonds is 4. The summed E-state index contributed by atoms with van der Waals surface area (Å²) in [7, 11) is 0. The van der Waals surface area contributed by atoms with Crippen molar-refractivity contribution in [3.63, 3.8) is 0 Å². The molecule has 1 aromatic rings. The molecule has 0 aliphatic heterocycles. The third-order valence-corrected chi connectivity index (χ3v) is 2.57. The third-order valence-electron chi connectivity index (χ3n) is 2.57. The predicted octanol–water partition coefficient (Wildman–Crippen LogP) is 2.13. The number of hydrogen-bond donors (Lipinski definition) is 2. The number of nitrogens with one attached hydrogen (secondary N) is 1. The molecule has 1 rings (SSSR count). The van der Waals surface area contributed by atoms with E-state index < -0.39 is 0 Å². The number of hydrogen-bond acceptors (Lipinski definition) is 3. The summed E-state index contributed by atoms with van der Waals surface area (Å²) in [6.45, 7) is 4.03. The number of aliphatic hydroxyl groups excluding tert-OH is 1. The summed E-state index contributed by atoms with van der Waals surface area (Å²) in [5.41, 5.74) is 1.16. The van der Waals surface area contributed by atoms with Crippen LogP contribution >= 0.6 is 0 Å². The van der Waals surface area contributed by atoms with Gasteiger partial charge in [0.25, 0.3) is 0 Å². The Morgan fingerprint density at radius 3 is 2.80 bits per heavy atom. The number of anilines is 1. The van der Waals surface area contributed by atoms with Crippen LogP contribution < -0.4 is 5.32 Å². The molecule has 0 bridgehead atoms. The minimum Gasteiger partial charge on any atom is -0.394 e. The molecule has 3 heteroatoms. The Morgan fingerprint density at radius 1 is 1.53 bits per heavy atom. The van der Waals surface area contributed by atoms with Crippen LogP contribution in [0, 0.1) is 11.3 Å². The van der Waals surface area contributed by atoms with Gasteiger partial charge in [0, 0.05) is 5.69 Å². The van der Waals surface area contributed by atoms with Gasteiger partial charge in [-0.2, -0.15) is 5.26 Å². The van der Waals surface area contributed by atoms with E-state index in [9.17, 15) is 5.11 Å². The molecule has 0 aliphatic carbocycles. The topological polar surface area (TPSA) is 56.0 Å². The monoisotopic (exact) mass is 204 g/mol. The van der Waals surface area contributed by atoms with Gasteiger partial charge >= 0.3 is 0 Å². The van der Waals surface area contributed by atoms with Gasteiger partial charge in [0.2, 0.25) is 0 Å². The second kappa shape index (κ2) is 4.81. The van der Waals surface area contributed by atoms with Crippen molar-refractivity contribution in [2.24, 2.45) is 0 Å². The normalized spacial score (nSPS) is 14.0. The second-order valence-electron chi connectivity index (χ2n) is 3.89. The van der Waals surface area contributed by atoms with E-state index in [0.717, 1.165) is 12.1 Å². The van der Waals surface area contributed by atoms with Crippen LogP contribution in [-0.4, -0.2) is 17.3 Å². The first-order chi connectivity index (χ1) is 7.13. The highest BCUT2D eigenvalue weighted by molar-refractivity contribution is 5.50. The summed E-state index contributed by atoms with van der Waals surface area (Å²) in [6, 6.07) is 9.35. The first-order valence-corrected chi connectivity index (χ1v) is 5.03. The quantitative estimate of drug-likeness (QED) is 0.790. The van der Waals surface area contributed by atoms with Gasteiger partial charge in [0.1, 0.15) is 0 Å². The molecule has 0 aliphatic rings. The molecule has 0 radical (unpaired) electrons. The van der Waals surface area contributed by atoms with E-state index in [1.54, 1.807) is 12.1 Å². The van der Waals surface area contributed by atoms with Gasteiger partial charge in [-0.05, 0) is 31.5 Å². The zero-order chi connectivity index (χ0) is 11.3. The van der Waals surface area contributed by atoms with Crippen LogP contribution in [0.3, 0.4) is 0 Å². The van der Waals surface area contributed by atoms with Gasteiger partial charge in [0.05, 0.1) is 23.8 Å². The van der Waals surface area contributed by atoms with Crippen molar-refractivity contribution in [2.45, 2.75) is 25.8 Å². The molecule has 3 nitrogen and oxygen atoms in total. The minimum atomic E-state index is -0.325. The lowest BCUT2D eigenvalue weighted by atomic mass is 9.99. The van der Waals surface area contributed by atoms with Crippen molar-refractivity contribution >= 4 is 5.69 Å². The van der Waals surface area contributed by atoms with Crippen molar-refractivity contribution < 1.29 is 5.11 Å². The van der Waals surface area contributed by atoms with Gasteiger partial charge < -0.3 is 10.4 Å². The molecular formula is C12H16N2O. The van der Waals surface area contributed by atoms with Crippen molar-refractivity contribution in [1.82, 2.24) is 0 Å². The Kier molecular flexibility index (Phi) is 3.70. The van der Waals surface area contributed by atoms with Gasteiger partial charge in [-0.15, -0.1) is 0 Å². The lowest BCUT2D eigenvalue weighted by Crippen LogP contribution is -2.37. The first kappa shape index (κ1) is 11.5. The van der Waals surface area contributed by atoms with Gasteiger partial charge in [-0.1, -0.05) is 13.0 Å². The number of aliphatic hydroxyl groups is 1. The molecule has 1 unspecified atom stereocenters. The maximum Gasteiger partial charge on any atom is 0.0992 e. The van der Waals surface area contributed by atoms with E-state index >= 15 is 0 Å². The molecule has 0 heterocycles. The SMILES string of the molecule is CCC(C)(CO)Nc1cccc(C#N)c1. The van der Waals surface area contributed by atoms with E-state index in [0.29, 0.717) is 5.56 Å². The van der Waals surface area contributed by atoms with Crippen LogP contribution in [-0.2, 0) is 0 Å². The Morgan fingerprint density at radius 2 is 2.27 bits per heavy atom. The summed E-state index contributed by atoms with van der Waals surface area (Å²) in [5.74, 6) is 0. The zero-order valence-corrected chi connectivity index (χ0v) is 9.12. The van der Waals surface area contributed by atoms with Crippen LogP contribution in [0.2, 0.25) is 0 Å². The highest BCUT2D eigenvalue weighted by atomic mass is 16.3. The lowest BCUT2D eigenvalue weighted by Gasteiger charge is -2.28. The molecule has 80 valence electrons. The Labute approximate surface area is 90.4 Å². The molecule has 0 aromatic heterocycles. The van der Waals surface area contributed by atoms with Crippen LogP contribution in [0.25, 0.3) is 0 Å². The van der Waals surface area contributed by atoms with Gasteiger partial charge in [-0.25, -0.2) is 0 Å². The van der Waals surface area contributed by atoms with Gasteiger partial charge in [0.15, 0.2) is 0 Å². The van der Waals surface area contributed by atoms with Crippen LogP contribution in [0.5, 0.6) is 0 Å². The van der Waals surface area contributed by atoms with Crippen LogP contribution in [0.15, 0.2) is 24.3 Å². The summed E-state index contributed by atoms with van der Waals surface area (Å²) < 4.78 is 0. The predicted molar refractivity (Wildman–Crippen MR) is 60.6 cm³/mol. The highest BCUT2D eigenvalue weighted by Crippen LogP contribution is 2.18. The highest BCUT2D eigenvalue weighted by Gasteiger charge is 2.20. The van der Waals surface area contributed by atoms with Crippen molar-refractivity contribution in [3.8, 4) is 6.07 Å². The third kappa shape index (κ3) is 2.97. The second-order valence-corrected chi connectivity index (χ2v) is 3.89. The molecule has 1 atom stereocenters. The van der Waals surface area contributed by atoms with E-state index in [2.05, 4.69) is 11.4 Å². The average Bonchev–Trinajstić information content (AvgIpc) is 2.29. The Bertz CT molecular complexity index is 364. The largest absolute Gasteiger partial charge is 0.394 e. The summed E-state index contributed by atoms with van der Waals surface area (Å²) >= 11 is 0. The molecule has 0 spiro atoms. The molecule has 0 amide bonds. The fourth-order valence-corrected chi connectivity index (χ4v) is 1.25. The molecule has 1 aromatic carbocycles. The number of benzene rings is 1. The first-order valence-electron chi connectivity index (χ1n) is 5.03. The van der Waals surface area contributed by atoms with Gasteiger partial charge in [-0.3, -0.25) is 0 Å². The Hall–Kier alpha value is -1.53. The van der Waals surface area contributed by atoms with Crippen molar-refractivity contribution in [1.29, 1.82) is 5.26 Å². The molecule has 15 heavy (non-hydrogen) atoms. The molecule has 0 fully saturated rings. The van der Waals surface area contributed by atoms with E-state index in [-0.39, 0.29) is 12.1 Å². The molecular weight excluding hydrogens is 188 g/mol. The smallest absolute Gasteiger partial charge is 0.0992 e. The summed E-state index contributed by atoms with van der Waals surface area (Å²) in [5, 5.41) is 21.2. The van der Waals surface area contributed by atoms with E-state index in [4.69, 9.17) is 5.26 Å². The fourth-order valence-electron chi connectivity index (χ4n) is 1.25. The number of nitrogens with zero attached hydrogens (tertiary/aromatic N) is 1. The molecule has 2 N–H and O–H groups in total. The molecule has 0 saturated heterocycles. The molecule has 0 saturated carbocycles. The summed E-state index contributed by atoms with van der Waals surface area (Å²) in [6.07, 6.45) is 0.820. The maximum absolute atomic E-state index is 9.25. The van der Waals surface area contributed by atoms with Crippen molar-refractivity contribution in [3.05, 3.63) is 29.8 Å². The summed E-state index contributed by atoms with van der Waals surface area (Å²) in [4.78, 5) is 0. The van der Waals surface area contributed by atoms with Crippen molar-refractivity contribution in [2.75, 3.05) is 11.9 Å². The van der Waals surface area contributed by atoms with Crippen LogP contribution in [0.1, 0.15) is 25.8 Å². The Balaban J connectivity index is 2.85. The maximum atomic E-state index is 9.25. The fraction of sp³-hybridized carbons (Fsp3) is 0.417.